The van der Waals surface area contributed by atoms with Crippen molar-refractivity contribution in [3.63, 3.8) is 0 Å². The molecule has 1 aliphatic rings. The van der Waals surface area contributed by atoms with E-state index in [1.54, 1.807) is 17.8 Å². The maximum atomic E-state index is 10.4. The number of thioether (sulfide) groups is 1. The van der Waals surface area contributed by atoms with Gasteiger partial charge in [0.25, 0.3) is 0 Å². The highest BCUT2D eigenvalue weighted by atomic mass is 32.2. The molecule has 0 radical (unpaired) electrons. The Morgan fingerprint density at radius 3 is 2.77 bits per heavy atom. The number of nitrogens with zero attached hydrogens (tertiary/aromatic N) is 4. The fourth-order valence-electron chi connectivity index (χ4n) is 3.01. The summed E-state index contributed by atoms with van der Waals surface area (Å²) in [5, 5.41) is 30.6. The molecule has 5 N–H and O–H groups in total. The van der Waals surface area contributed by atoms with E-state index in [1.807, 2.05) is 6.26 Å². The molecule has 4 atom stereocenters. The van der Waals surface area contributed by atoms with Crippen LogP contribution < -0.4 is 5.73 Å². The molecule has 9 heteroatoms. The molecule has 3 rings (SSSR count). The first-order chi connectivity index (χ1) is 10.4. The van der Waals surface area contributed by atoms with Crippen LogP contribution in [-0.4, -0.2) is 59.9 Å². The average molecular weight is 325 g/mol. The van der Waals surface area contributed by atoms with Crippen LogP contribution in [0.25, 0.3) is 11.2 Å². The molecule has 2 aromatic heterocycles. The number of hydrogen-bond donors (Lipinski definition) is 4. The standard InChI is InChI=1S/C13H19N5O3S/c1-13(4-19)3-6(8(20)9(13)21)18-5-15-7-10(14)16-12(22-2)17-11(7)18/h5-6,8-9,19-21H,3-4H2,1-2H3,(H2,14,16,17)/t6-,8-,9?,13-/m1/s1. The van der Waals surface area contributed by atoms with E-state index in [0.29, 0.717) is 22.7 Å². The Kier molecular flexibility index (Phi) is 3.76. The van der Waals surface area contributed by atoms with Crippen LogP contribution in [0.5, 0.6) is 0 Å². The van der Waals surface area contributed by atoms with E-state index in [1.165, 1.54) is 11.8 Å². The molecule has 0 aromatic carbocycles. The number of nitrogen functional groups attached to an aromatic ring is 1. The topological polar surface area (TPSA) is 130 Å². The van der Waals surface area contributed by atoms with Gasteiger partial charge in [0, 0.05) is 5.41 Å². The van der Waals surface area contributed by atoms with E-state index in [0.717, 1.165) is 0 Å². The zero-order valence-electron chi connectivity index (χ0n) is 12.3. The fourth-order valence-corrected chi connectivity index (χ4v) is 3.38. The van der Waals surface area contributed by atoms with Gasteiger partial charge in [0.15, 0.2) is 16.6 Å². The summed E-state index contributed by atoms with van der Waals surface area (Å²) < 4.78 is 1.71. The zero-order valence-corrected chi connectivity index (χ0v) is 13.2. The van der Waals surface area contributed by atoms with Crippen molar-refractivity contribution in [1.29, 1.82) is 0 Å². The predicted octanol–water partition coefficient (Wildman–Crippen LogP) is -0.204. The third-order valence-electron chi connectivity index (χ3n) is 4.44. The summed E-state index contributed by atoms with van der Waals surface area (Å²) >= 11 is 1.36. The van der Waals surface area contributed by atoms with Gasteiger partial charge in [-0.2, -0.15) is 0 Å². The first-order valence-electron chi connectivity index (χ1n) is 6.92. The van der Waals surface area contributed by atoms with Crippen molar-refractivity contribution >= 4 is 28.7 Å². The molecule has 0 spiro atoms. The number of aliphatic hydroxyl groups excluding tert-OH is 3. The van der Waals surface area contributed by atoms with Crippen LogP contribution in [0.3, 0.4) is 0 Å². The summed E-state index contributed by atoms with van der Waals surface area (Å²) in [5.41, 5.74) is 6.12. The first kappa shape index (κ1) is 15.5. The van der Waals surface area contributed by atoms with Crippen molar-refractivity contribution in [3.05, 3.63) is 6.33 Å². The van der Waals surface area contributed by atoms with E-state index in [-0.39, 0.29) is 12.4 Å². The lowest BCUT2D eigenvalue weighted by Gasteiger charge is -2.25. The van der Waals surface area contributed by atoms with Gasteiger partial charge in [0.1, 0.15) is 11.6 Å². The van der Waals surface area contributed by atoms with Gasteiger partial charge in [0.2, 0.25) is 0 Å². The molecule has 2 heterocycles. The molecule has 2 aromatic rings. The van der Waals surface area contributed by atoms with Gasteiger partial charge in [-0.1, -0.05) is 18.7 Å². The molecule has 1 fully saturated rings. The summed E-state index contributed by atoms with van der Waals surface area (Å²) in [7, 11) is 0. The Morgan fingerprint density at radius 1 is 1.45 bits per heavy atom. The van der Waals surface area contributed by atoms with Crippen molar-refractivity contribution in [2.24, 2.45) is 5.41 Å². The van der Waals surface area contributed by atoms with E-state index < -0.39 is 23.7 Å². The number of rotatable bonds is 3. The van der Waals surface area contributed by atoms with E-state index >= 15 is 0 Å². The zero-order chi connectivity index (χ0) is 16.1. The maximum Gasteiger partial charge on any atom is 0.191 e. The third kappa shape index (κ3) is 2.16. The Bertz CT molecular complexity index is 708. The van der Waals surface area contributed by atoms with Gasteiger partial charge in [-0.15, -0.1) is 0 Å². The maximum absolute atomic E-state index is 10.4. The third-order valence-corrected chi connectivity index (χ3v) is 4.98. The van der Waals surface area contributed by atoms with Crippen LogP contribution in [-0.2, 0) is 0 Å². The first-order valence-corrected chi connectivity index (χ1v) is 8.15. The molecule has 22 heavy (non-hydrogen) atoms. The molecule has 1 unspecified atom stereocenters. The van der Waals surface area contributed by atoms with Crippen molar-refractivity contribution in [2.45, 2.75) is 36.8 Å². The second kappa shape index (κ2) is 5.34. The van der Waals surface area contributed by atoms with Gasteiger partial charge in [-0.3, -0.25) is 0 Å². The van der Waals surface area contributed by atoms with Crippen LogP contribution in [0.4, 0.5) is 5.82 Å². The Labute approximate surface area is 131 Å². The lowest BCUT2D eigenvalue weighted by molar-refractivity contribution is -0.0403. The second-order valence-electron chi connectivity index (χ2n) is 5.94. The van der Waals surface area contributed by atoms with Crippen LogP contribution in [0.15, 0.2) is 11.5 Å². The minimum Gasteiger partial charge on any atom is -0.396 e. The predicted molar refractivity (Wildman–Crippen MR) is 82.4 cm³/mol. The SMILES string of the molecule is CSc1nc(N)c2ncn([C@@H]3C[C@](C)(CO)C(O)[C@@H]3O)c2n1. The summed E-state index contributed by atoms with van der Waals surface area (Å²) in [6.07, 6.45) is 1.78. The molecule has 0 bridgehead atoms. The lowest BCUT2D eigenvalue weighted by atomic mass is 9.87. The van der Waals surface area contributed by atoms with Gasteiger partial charge >= 0.3 is 0 Å². The smallest absolute Gasteiger partial charge is 0.191 e. The number of anilines is 1. The normalized spacial score (nSPS) is 32.0. The summed E-state index contributed by atoms with van der Waals surface area (Å²) in [6, 6.07) is -0.429. The molecule has 1 aliphatic carbocycles. The highest BCUT2D eigenvalue weighted by Gasteiger charge is 2.50. The molecule has 8 nitrogen and oxygen atoms in total. The van der Waals surface area contributed by atoms with Crippen LogP contribution in [0.2, 0.25) is 0 Å². The van der Waals surface area contributed by atoms with Crippen LogP contribution in [0.1, 0.15) is 19.4 Å². The van der Waals surface area contributed by atoms with Gasteiger partial charge in [-0.25, -0.2) is 15.0 Å². The van der Waals surface area contributed by atoms with Gasteiger partial charge in [0.05, 0.1) is 25.1 Å². The largest absolute Gasteiger partial charge is 0.396 e. The van der Waals surface area contributed by atoms with E-state index in [9.17, 15) is 15.3 Å². The molecule has 0 aliphatic heterocycles. The van der Waals surface area contributed by atoms with Crippen molar-refractivity contribution in [1.82, 2.24) is 19.5 Å². The van der Waals surface area contributed by atoms with E-state index in [4.69, 9.17) is 5.73 Å². The molecule has 0 saturated heterocycles. The minimum atomic E-state index is -1.01. The number of hydrogen-bond acceptors (Lipinski definition) is 8. The van der Waals surface area contributed by atoms with Crippen LogP contribution in [0, 0.1) is 5.41 Å². The Balaban J connectivity index is 2.09. The molecular weight excluding hydrogens is 306 g/mol. The highest BCUT2D eigenvalue weighted by Crippen LogP contribution is 2.45. The average Bonchev–Trinajstić information content (AvgIpc) is 3.03. The molecule has 0 amide bonds. The fraction of sp³-hybridized carbons (Fsp3) is 0.615. The molecule has 1 saturated carbocycles. The number of fused-ring (bicyclic) bond motifs is 1. The highest BCUT2D eigenvalue weighted by molar-refractivity contribution is 7.98. The quantitative estimate of drug-likeness (QED) is 0.451. The Hall–Kier alpha value is -1.42. The number of imidazole rings is 1. The summed E-state index contributed by atoms with van der Waals surface area (Å²) in [4.78, 5) is 12.8. The second-order valence-corrected chi connectivity index (χ2v) is 6.71. The van der Waals surface area contributed by atoms with Crippen molar-refractivity contribution in [3.8, 4) is 0 Å². The number of aromatic nitrogens is 4. The lowest BCUT2D eigenvalue weighted by Crippen LogP contribution is -2.36. The minimum absolute atomic E-state index is 0.207. The number of aliphatic hydroxyl groups is 3. The Morgan fingerprint density at radius 2 is 2.18 bits per heavy atom. The number of nitrogens with two attached hydrogens (primary N) is 1. The van der Waals surface area contributed by atoms with Crippen LogP contribution >= 0.6 is 11.8 Å². The van der Waals surface area contributed by atoms with Gasteiger partial charge in [-0.05, 0) is 12.7 Å². The molecular formula is C13H19N5O3S. The van der Waals surface area contributed by atoms with Gasteiger partial charge < -0.3 is 25.6 Å². The summed E-state index contributed by atoms with van der Waals surface area (Å²) in [6.45, 7) is 1.54. The van der Waals surface area contributed by atoms with Crippen molar-refractivity contribution in [2.75, 3.05) is 18.6 Å². The molecule has 120 valence electrons. The summed E-state index contributed by atoms with van der Waals surface area (Å²) in [5.74, 6) is 0.283. The van der Waals surface area contributed by atoms with E-state index in [2.05, 4.69) is 15.0 Å². The van der Waals surface area contributed by atoms with Crippen molar-refractivity contribution < 1.29 is 15.3 Å². The monoisotopic (exact) mass is 325 g/mol.